The molecule has 124 valence electrons. The SMILES string of the molecule is COc1ccc2c(c1)C(=O)N(c1ccncc1C(F)(F)F)C(=O)C2. The third-order valence-electron chi connectivity index (χ3n) is 3.69. The highest BCUT2D eigenvalue weighted by atomic mass is 19.4. The van der Waals surface area contributed by atoms with Crippen LogP contribution in [0.4, 0.5) is 18.9 Å². The summed E-state index contributed by atoms with van der Waals surface area (Å²) in [5.74, 6) is -1.17. The monoisotopic (exact) mass is 336 g/mol. The van der Waals surface area contributed by atoms with Crippen molar-refractivity contribution in [2.24, 2.45) is 0 Å². The molecule has 2 aromatic rings. The van der Waals surface area contributed by atoms with Crippen LogP contribution in [0.3, 0.4) is 0 Å². The highest BCUT2D eigenvalue weighted by Crippen LogP contribution is 2.38. The minimum atomic E-state index is -4.74. The number of fused-ring (bicyclic) bond motifs is 1. The summed E-state index contributed by atoms with van der Waals surface area (Å²) >= 11 is 0. The largest absolute Gasteiger partial charge is 0.497 e. The van der Waals surface area contributed by atoms with Crippen molar-refractivity contribution in [3.63, 3.8) is 0 Å². The lowest BCUT2D eigenvalue weighted by molar-refractivity contribution is -0.137. The first-order valence-electron chi connectivity index (χ1n) is 6.88. The molecule has 0 unspecified atom stereocenters. The van der Waals surface area contributed by atoms with Gasteiger partial charge in [0.1, 0.15) is 5.75 Å². The Hall–Kier alpha value is -2.90. The highest BCUT2D eigenvalue weighted by molar-refractivity contribution is 6.25. The van der Waals surface area contributed by atoms with E-state index in [4.69, 9.17) is 4.74 Å². The number of imide groups is 1. The van der Waals surface area contributed by atoms with Crippen LogP contribution in [0.1, 0.15) is 21.5 Å². The first kappa shape index (κ1) is 16.0. The zero-order valence-electron chi connectivity index (χ0n) is 12.4. The third kappa shape index (κ3) is 2.60. The van der Waals surface area contributed by atoms with E-state index in [9.17, 15) is 22.8 Å². The van der Waals surface area contributed by atoms with Crippen molar-refractivity contribution in [3.05, 3.63) is 53.3 Å². The van der Waals surface area contributed by atoms with Crippen molar-refractivity contribution in [1.29, 1.82) is 0 Å². The number of anilines is 1. The molecule has 2 heterocycles. The van der Waals surface area contributed by atoms with Gasteiger partial charge in [-0.2, -0.15) is 13.2 Å². The van der Waals surface area contributed by atoms with Gasteiger partial charge in [0.25, 0.3) is 5.91 Å². The Morgan fingerprint density at radius 3 is 2.62 bits per heavy atom. The number of carbonyl (C=O) groups is 2. The van der Waals surface area contributed by atoms with Gasteiger partial charge in [0.15, 0.2) is 0 Å². The van der Waals surface area contributed by atoms with E-state index in [-0.39, 0.29) is 12.0 Å². The number of hydrogen-bond donors (Lipinski definition) is 0. The molecule has 0 N–H and O–H groups in total. The molecule has 0 spiro atoms. The molecule has 0 fully saturated rings. The topological polar surface area (TPSA) is 59.5 Å². The Kier molecular flexibility index (Phi) is 3.75. The Balaban J connectivity index is 2.13. The first-order chi connectivity index (χ1) is 11.3. The van der Waals surface area contributed by atoms with Crippen molar-refractivity contribution in [2.45, 2.75) is 12.6 Å². The number of pyridine rings is 1. The number of benzene rings is 1. The zero-order chi connectivity index (χ0) is 17.5. The number of nitrogens with zero attached hydrogens (tertiary/aromatic N) is 2. The van der Waals surface area contributed by atoms with Crippen LogP contribution in [0.25, 0.3) is 0 Å². The molecule has 8 heteroatoms. The van der Waals surface area contributed by atoms with Crippen LogP contribution < -0.4 is 9.64 Å². The standard InChI is InChI=1S/C16H11F3N2O3/c1-24-10-3-2-9-6-14(22)21(15(23)11(9)7-10)13-4-5-20-8-12(13)16(17,18)19/h2-5,7-8H,6H2,1H3. The van der Waals surface area contributed by atoms with Gasteiger partial charge in [-0.25, -0.2) is 4.90 Å². The van der Waals surface area contributed by atoms with Crippen molar-refractivity contribution in [2.75, 3.05) is 12.0 Å². The summed E-state index contributed by atoms with van der Waals surface area (Å²) in [5.41, 5.74) is -1.08. The summed E-state index contributed by atoms with van der Waals surface area (Å²) in [5, 5.41) is 0. The maximum atomic E-state index is 13.2. The molecule has 1 aromatic carbocycles. The summed E-state index contributed by atoms with van der Waals surface area (Å²) in [7, 11) is 1.41. The number of ether oxygens (including phenoxy) is 1. The lowest BCUT2D eigenvalue weighted by Crippen LogP contribution is -2.43. The van der Waals surface area contributed by atoms with Gasteiger partial charge in [-0.15, -0.1) is 0 Å². The zero-order valence-corrected chi connectivity index (χ0v) is 12.4. The maximum absolute atomic E-state index is 13.2. The Bertz CT molecular complexity index is 834. The van der Waals surface area contributed by atoms with E-state index in [2.05, 4.69) is 4.98 Å². The van der Waals surface area contributed by atoms with Gasteiger partial charge in [0, 0.05) is 18.0 Å². The van der Waals surface area contributed by atoms with E-state index in [1.54, 1.807) is 12.1 Å². The van der Waals surface area contributed by atoms with Crippen LogP contribution in [0.2, 0.25) is 0 Å². The molecular weight excluding hydrogens is 325 g/mol. The van der Waals surface area contributed by atoms with Gasteiger partial charge in [0.2, 0.25) is 5.91 Å². The molecule has 3 rings (SSSR count). The van der Waals surface area contributed by atoms with E-state index < -0.39 is 29.2 Å². The fourth-order valence-electron chi connectivity index (χ4n) is 2.56. The van der Waals surface area contributed by atoms with Crippen molar-refractivity contribution in [1.82, 2.24) is 4.98 Å². The number of amides is 2. The first-order valence-corrected chi connectivity index (χ1v) is 6.88. The summed E-state index contributed by atoms with van der Waals surface area (Å²) in [6, 6.07) is 5.55. The molecule has 1 aliphatic rings. The molecular formula is C16H11F3N2O3. The number of methoxy groups -OCH3 is 1. The second-order valence-corrected chi connectivity index (χ2v) is 5.12. The second-order valence-electron chi connectivity index (χ2n) is 5.12. The summed E-state index contributed by atoms with van der Waals surface area (Å²) in [4.78, 5) is 28.9. The molecule has 0 aliphatic carbocycles. The van der Waals surface area contributed by atoms with E-state index in [0.717, 1.165) is 12.3 Å². The van der Waals surface area contributed by atoms with Crippen LogP contribution in [0, 0.1) is 0 Å². The lowest BCUT2D eigenvalue weighted by atomic mass is 9.97. The van der Waals surface area contributed by atoms with Crippen molar-refractivity contribution in [3.8, 4) is 5.75 Å². The Morgan fingerprint density at radius 1 is 1.21 bits per heavy atom. The molecule has 2 amide bonds. The van der Waals surface area contributed by atoms with E-state index in [1.165, 1.54) is 13.2 Å². The van der Waals surface area contributed by atoms with Gasteiger partial charge in [-0.05, 0) is 23.8 Å². The number of carbonyl (C=O) groups excluding carboxylic acids is 2. The van der Waals surface area contributed by atoms with Crippen LogP contribution >= 0.6 is 0 Å². The summed E-state index contributed by atoms with van der Waals surface area (Å²) in [6.07, 6.45) is -3.22. The Labute approximate surface area is 134 Å². The average molecular weight is 336 g/mol. The fourth-order valence-corrected chi connectivity index (χ4v) is 2.56. The predicted molar refractivity (Wildman–Crippen MR) is 77.8 cm³/mol. The third-order valence-corrected chi connectivity index (χ3v) is 3.69. The number of alkyl halides is 3. The Morgan fingerprint density at radius 2 is 1.96 bits per heavy atom. The average Bonchev–Trinajstić information content (AvgIpc) is 2.54. The smallest absolute Gasteiger partial charge is 0.419 e. The quantitative estimate of drug-likeness (QED) is 0.791. The van der Waals surface area contributed by atoms with Crippen LogP contribution in [0.15, 0.2) is 36.7 Å². The molecule has 0 bridgehead atoms. The van der Waals surface area contributed by atoms with E-state index in [1.807, 2.05) is 0 Å². The molecule has 0 saturated carbocycles. The molecule has 5 nitrogen and oxygen atoms in total. The molecule has 0 saturated heterocycles. The van der Waals surface area contributed by atoms with Crippen molar-refractivity contribution >= 4 is 17.5 Å². The minimum Gasteiger partial charge on any atom is -0.497 e. The van der Waals surface area contributed by atoms with Crippen LogP contribution in [-0.2, 0) is 17.4 Å². The van der Waals surface area contributed by atoms with E-state index >= 15 is 0 Å². The van der Waals surface area contributed by atoms with Gasteiger partial charge in [-0.1, -0.05) is 6.07 Å². The predicted octanol–water partition coefficient (Wildman–Crippen LogP) is 2.84. The van der Waals surface area contributed by atoms with Gasteiger partial charge in [0.05, 0.1) is 24.8 Å². The van der Waals surface area contributed by atoms with E-state index in [0.29, 0.717) is 22.4 Å². The molecule has 0 atom stereocenters. The second kappa shape index (κ2) is 5.63. The van der Waals surface area contributed by atoms with Crippen LogP contribution in [0.5, 0.6) is 5.75 Å². The molecule has 0 radical (unpaired) electrons. The molecule has 24 heavy (non-hydrogen) atoms. The molecule has 1 aromatic heterocycles. The number of halogens is 3. The van der Waals surface area contributed by atoms with Gasteiger partial charge < -0.3 is 4.74 Å². The maximum Gasteiger partial charge on any atom is 0.419 e. The number of aromatic nitrogens is 1. The number of rotatable bonds is 2. The summed E-state index contributed by atoms with van der Waals surface area (Å²) < 4.78 is 44.5. The minimum absolute atomic E-state index is 0.138. The van der Waals surface area contributed by atoms with Crippen molar-refractivity contribution < 1.29 is 27.5 Å². The van der Waals surface area contributed by atoms with Gasteiger partial charge in [-0.3, -0.25) is 14.6 Å². The van der Waals surface area contributed by atoms with Gasteiger partial charge >= 0.3 is 6.18 Å². The molecule has 1 aliphatic heterocycles. The van der Waals surface area contributed by atoms with Crippen LogP contribution in [-0.4, -0.2) is 23.9 Å². The lowest BCUT2D eigenvalue weighted by Gasteiger charge is -2.28. The number of hydrogen-bond acceptors (Lipinski definition) is 4. The fraction of sp³-hybridized carbons (Fsp3) is 0.188. The summed E-state index contributed by atoms with van der Waals surface area (Å²) in [6.45, 7) is 0. The normalized spacial score (nSPS) is 14.6. The highest BCUT2D eigenvalue weighted by Gasteiger charge is 2.40.